The highest BCUT2D eigenvalue weighted by Gasteiger charge is 2.58. The molecule has 0 radical (unpaired) electrons. The lowest BCUT2D eigenvalue weighted by molar-refractivity contribution is -0.177. The van der Waals surface area contributed by atoms with Crippen LogP contribution in [-0.2, 0) is 51.0 Å². The average molecular weight is 1260 g/mol. The number of amides is 2. The van der Waals surface area contributed by atoms with E-state index >= 15 is 0 Å². The number of H-pyrrole nitrogens is 3. The normalized spacial score (nSPS) is 27.5. The number of aliphatic hydroxyl groups is 1. The highest BCUT2D eigenvalue weighted by atomic mass is 31.2. The Morgan fingerprint density at radius 2 is 0.988 bits per heavy atom. The Morgan fingerprint density at radius 1 is 0.655 bits per heavy atom. The molecule has 2 amide bonds. The molecule has 6 heterocycles. The number of nitrogens with zero attached hydrogens (tertiary/aromatic N) is 5. The first kappa shape index (κ1) is 73.6. The van der Waals surface area contributed by atoms with Crippen molar-refractivity contribution < 1.29 is 97.7 Å². The lowest BCUT2D eigenvalue weighted by Gasteiger charge is -2.35. The number of aliphatic hydroxyl groups excluding tert-OH is 1. The number of hydrogen-bond donors (Lipinski definition) is 10. The molecule has 0 bridgehead atoms. The van der Waals surface area contributed by atoms with Crippen LogP contribution in [-0.4, -0.2) is 154 Å². The molecular weight excluding hydrogens is 1200 g/mol. The summed E-state index contributed by atoms with van der Waals surface area (Å²) in [6, 6.07) is 3.09. The second-order valence-corrected chi connectivity index (χ2v) is 21.9. The van der Waals surface area contributed by atoms with E-state index in [0.29, 0.717) is 0 Å². The minimum atomic E-state index is -5.25. The molecule has 3 aliphatic heterocycles. The first-order valence-corrected chi connectivity index (χ1v) is 26.8. The number of rotatable bonds is 18. The second kappa shape index (κ2) is 29.0. The number of ether oxygens (including phenoxy) is 3. The van der Waals surface area contributed by atoms with Gasteiger partial charge in [0.1, 0.15) is 13.2 Å². The van der Waals surface area contributed by atoms with E-state index in [-0.39, 0.29) is 50.5 Å². The standard InChI is InChI=1S/C19H23F3N5O8P.C13H16F3N3O5.C11H18N3O7P.H3N.H2O/c1-12-13(11-34-36(31,32-9-6-23-3)33-10-7-24-4)35-16(27-8-5-14(28)25-17(27)30)18(12,2)26-15(29)19(20,21)22;1-6-7(5-20)24-10(19-4-3-8(21)17-11(19)23)12(6,2)18-9(22)13(14,15)16;1-6-7(5-20-22(17,18)19)21-9(11(6,2)12)14-4-3-8(15)13-10(14)16;;/h5,8,12-13,16H,6-7,9-11H2,1-2H3,(H,26,29)(H,25,28,30);3-4,6-7,10,20H,5H2,1-2H3,(H,18,22)(H,17,21,23);3-4,6-7,9H,5,12H2,1-2H3,(H,13,15,16)(H2,17,18,19);1H3;1H2/t12-,13-,16-,18-;6-,7-,10-,12-;6-,7-,9-,11-;;/m111../s1. The van der Waals surface area contributed by atoms with Crippen molar-refractivity contribution in [2.24, 2.45) is 23.5 Å². The molecule has 0 aliphatic carbocycles. The van der Waals surface area contributed by atoms with Crippen LogP contribution in [0.3, 0.4) is 0 Å². The van der Waals surface area contributed by atoms with E-state index < -0.39 is 152 Å². The number of carbonyl (C=O) groups excluding carboxylic acids is 2. The number of nitrogens with one attached hydrogen (secondary N) is 5. The molecule has 3 saturated heterocycles. The predicted molar refractivity (Wildman–Crippen MR) is 273 cm³/mol. The Kier molecular flexibility index (Phi) is 25.4. The summed E-state index contributed by atoms with van der Waals surface area (Å²) in [5.41, 5.74) is -2.92. The van der Waals surface area contributed by atoms with Crippen molar-refractivity contribution in [3.05, 3.63) is 122 Å². The van der Waals surface area contributed by atoms with Gasteiger partial charge in [-0.25, -0.2) is 36.7 Å². The number of hydrogen-bond acceptors (Lipinski definition) is 20. The van der Waals surface area contributed by atoms with Gasteiger partial charge < -0.3 is 66.8 Å². The monoisotopic (exact) mass is 1260 g/mol. The summed E-state index contributed by atoms with van der Waals surface area (Å²) in [6.45, 7) is 19.8. The van der Waals surface area contributed by atoms with Gasteiger partial charge in [0.05, 0.1) is 54.7 Å². The van der Waals surface area contributed by atoms with E-state index in [4.69, 9.17) is 56.4 Å². The fraction of sp³-hybridized carbons (Fsp3) is 0.628. The van der Waals surface area contributed by atoms with Crippen LogP contribution in [0.2, 0.25) is 0 Å². The van der Waals surface area contributed by atoms with Crippen LogP contribution in [0.1, 0.15) is 60.2 Å². The van der Waals surface area contributed by atoms with Crippen LogP contribution >= 0.6 is 15.6 Å². The van der Waals surface area contributed by atoms with Crippen molar-refractivity contribution in [2.75, 3.05) is 46.1 Å². The first-order valence-electron chi connectivity index (χ1n) is 23.8. The average Bonchev–Trinajstić information content (AvgIpc) is 4.02. The molecule has 0 unspecified atom stereocenters. The predicted octanol–water partition coefficient (Wildman–Crippen LogP) is -0.763. The number of halogens is 6. The number of aromatic nitrogens is 6. The molecular formula is C43H62F6N12O21P2. The first-order chi connectivity index (χ1) is 37.8. The summed E-state index contributed by atoms with van der Waals surface area (Å²) >= 11 is 0. The molecule has 0 saturated carbocycles. The minimum Gasteiger partial charge on any atom is -0.412 e. The topological polar surface area (TPSA) is 483 Å². The lowest BCUT2D eigenvalue weighted by atomic mass is 9.84. The molecule has 33 nitrogen and oxygen atoms in total. The van der Waals surface area contributed by atoms with Gasteiger partial charge in [-0.15, -0.1) is 0 Å². The van der Waals surface area contributed by atoms with E-state index in [9.17, 15) is 78.9 Å². The summed E-state index contributed by atoms with van der Waals surface area (Å²) < 4.78 is 140. The number of phosphoric acid groups is 2. The van der Waals surface area contributed by atoms with Crippen molar-refractivity contribution >= 4 is 27.5 Å². The maximum absolute atomic E-state index is 13.1. The third-order valence-corrected chi connectivity index (χ3v) is 15.4. The molecule has 3 aromatic heterocycles. The van der Waals surface area contributed by atoms with Crippen LogP contribution < -0.4 is 56.3 Å². The Morgan fingerprint density at radius 3 is 1.33 bits per heavy atom. The maximum Gasteiger partial charge on any atom is 0.475 e. The van der Waals surface area contributed by atoms with Crippen molar-refractivity contribution in [2.45, 2.75) is 108 Å². The van der Waals surface area contributed by atoms with Crippen molar-refractivity contribution in [3.63, 3.8) is 0 Å². The SMILES string of the molecule is C[C@@H]1[C@@H](CO)O[C@@H](n2ccc(=O)[nH]c2=O)[C@]1(C)NC(=O)C(F)(F)F.C[C@@H]1[C@@H](COP(=O)(O)O)O[C@@H](n2ccc(=O)[nH]c2=O)[C@]1(C)N.N.O.[C-]#[N+]CCOP(=O)(OCC[N+]#[C-])OC[C@H]1O[C@@H](n2ccc(=O)[nH]c2=O)[C@](C)(NC(=O)C(F)(F)F)[C@@H]1C. The van der Waals surface area contributed by atoms with Crippen LogP contribution in [0.25, 0.3) is 9.69 Å². The molecule has 472 valence electrons. The molecule has 84 heavy (non-hydrogen) atoms. The second-order valence-electron chi connectivity index (χ2n) is 19.0. The fourth-order valence-electron chi connectivity index (χ4n) is 8.43. The van der Waals surface area contributed by atoms with Crippen LogP contribution in [0.4, 0.5) is 26.3 Å². The van der Waals surface area contributed by atoms with Crippen LogP contribution in [0, 0.1) is 30.9 Å². The lowest BCUT2D eigenvalue weighted by Crippen LogP contribution is -2.58. The van der Waals surface area contributed by atoms with Crippen molar-refractivity contribution in [3.8, 4) is 0 Å². The third kappa shape index (κ3) is 18.0. The molecule has 12 atom stereocenters. The summed E-state index contributed by atoms with van der Waals surface area (Å²) in [6.07, 6.45) is -13.6. The summed E-state index contributed by atoms with van der Waals surface area (Å²) in [4.78, 5) is 123. The van der Waals surface area contributed by atoms with Crippen molar-refractivity contribution in [1.29, 1.82) is 0 Å². The summed E-state index contributed by atoms with van der Waals surface area (Å²) in [5.74, 6) is -6.57. The van der Waals surface area contributed by atoms with E-state index in [0.717, 1.165) is 44.3 Å². The molecule has 3 aliphatic rings. The molecule has 0 spiro atoms. The van der Waals surface area contributed by atoms with E-state index in [2.05, 4.69) is 19.2 Å². The molecule has 41 heteroatoms. The van der Waals surface area contributed by atoms with Gasteiger partial charge in [-0.05, 0) is 20.8 Å². The summed E-state index contributed by atoms with van der Waals surface area (Å²) in [5, 5.41) is 13.0. The van der Waals surface area contributed by atoms with Gasteiger partial charge in [0.25, 0.3) is 16.7 Å². The van der Waals surface area contributed by atoms with Gasteiger partial charge in [0, 0.05) is 54.5 Å². The minimum absolute atomic E-state index is 0. The number of phosphoric ester groups is 2. The van der Waals surface area contributed by atoms with Crippen LogP contribution in [0.5, 0.6) is 0 Å². The molecule has 3 fully saturated rings. The number of alkyl halides is 6. The number of aromatic amines is 3. The van der Waals surface area contributed by atoms with Gasteiger partial charge in [-0.2, -0.15) is 26.3 Å². The Labute approximate surface area is 469 Å². The summed E-state index contributed by atoms with van der Waals surface area (Å²) in [7, 11) is -8.94. The zero-order valence-electron chi connectivity index (χ0n) is 45.1. The highest BCUT2D eigenvalue weighted by Crippen LogP contribution is 2.52. The van der Waals surface area contributed by atoms with Gasteiger partial charge in [0.2, 0.25) is 13.1 Å². The number of carbonyl (C=O) groups is 2. The fourth-order valence-corrected chi connectivity index (χ4v) is 9.94. The molecule has 3 aromatic rings. The molecule has 15 N–H and O–H groups in total. The van der Waals surface area contributed by atoms with Gasteiger partial charge in [-0.3, -0.25) is 70.7 Å². The van der Waals surface area contributed by atoms with Crippen molar-refractivity contribution in [1.82, 2.24) is 45.4 Å². The van der Waals surface area contributed by atoms with Gasteiger partial charge in [0.15, 0.2) is 18.7 Å². The van der Waals surface area contributed by atoms with E-state index in [1.54, 1.807) is 13.8 Å². The molecule has 0 aromatic carbocycles. The Balaban J connectivity index is 0.000000442. The van der Waals surface area contributed by atoms with Gasteiger partial charge >= 0.3 is 56.9 Å². The number of nitrogens with two attached hydrogens (primary N) is 1. The zero-order chi connectivity index (χ0) is 62.1. The zero-order valence-corrected chi connectivity index (χ0v) is 46.9. The Hall–Kier alpha value is -6.52. The maximum atomic E-state index is 13.1. The van der Waals surface area contributed by atoms with E-state index in [1.807, 2.05) is 20.6 Å². The van der Waals surface area contributed by atoms with Crippen LogP contribution in [0.15, 0.2) is 65.6 Å². The molecule has 6 rings (SSSR count). The third-order valence-electron chi connectivity index (χ3n) is 13.5. The quantitative estimate of drug-likeness (QED) is 0.0324. The smallest absolute Gasteiger partial charge is 0.412 e. The highest BCUT2D eigenvalue weighted by molar-refractivity contribution is 7.48. The van der Waals surface area contributed by atoms with Gasteiger partial charge in [-0.1, -0.05) is 20.8 Å². The van der Waals surface area contributed by atoms with E-state index in [1.165, 1.54) is 33.9 Å². The Bertz CT molecular complexity index is 3290. The largest absolute Gasteiger partial charge is 0.475 e.